The molecule has 65 heavy (non-hydrogen) atoms. The lowest BCUT2D eigenvalue weighted by atomic mass is 9.72. The zero-order chi connectivity index (χ0) is 45.6. The SMILES string of the molecule is COc1cccc2c1C(=O)c1c(O)c3c(c(O)c1C2=O)C[C@@](O)(C(=O)COC1CCCC(COCC(=O)NCc2ccccc2)O1)C[C@@H]3O[C@H]1C[C@H]2[C@H](O[C@@H]3[C@@H](OC)OCCN32)[C@H](C)O1. The first-order valence-corrected chi connectivity index (χ1v) is 22.0. The fourth-order valence-electron chi connectivity index (χ4n) is 10.1. The van der Waals surface area contributed by atoms with Gasteiger partial charge in [0, 0.05) is 62.2 Å². The molecule has 6 aliphatic rings. The number of fused-ring (bicyclic) bond motifs is 6. The van der Waals surface area contributed by atoms with Gasteiger partial charge in [-0.05, 0) is 37.8 Å². The van der Waals surface area contributed by atoms with E-state index in [0.29, 0.717) is 39.0 Å². The highest BCUT2D eigenvalue weighted by molar-refractivity contribution is 6.31. The van der Waals surface area contributed by atoms with Crippen LogP contribution < -0.4 is 10.1 Å². The number of amides is 1. The lowest BCUT2D eigenvalue weighted by Gasteiger charge is -2.43. The van der Waals surface area contributed by atoms with Gasteiger partial charge in [-0.25, -0.2) is 0 Å². The molecule has 4 aliphatic heterocycles. The Labute approximate surface area is 374 Å². The van der Waals surface area contributed by atoms with Gasteiger partial charge in [-0.1, -0.05) is 42.5 Å². The number of nitrogens with zero attached hydrogens (tertiary/aromatic N) is 1. The number of methoxy groups -OCH3 is 2. The van der Waals surface area contributed by atoms with Crippen molar-refractivity contribution in [1.29, 1.82) is 0 Å². The number of rotatable bonds is 14. The van der Waals surface area contributed by atoms with Crippen LogP contribution in [-0.4, -0.2) is 146 Å². The number of phenolic OH excluding ortho intramolecular Hbond substituents is 2. The first-order chi connectivity index (χ1) is 31.4. The molecule has 10 atom stereocenters. The summed E-state index contributed by atoms with van der Waals surface area (Å²) in [5, 5.41) is 39.3. The Hall–Kier alpha value is -4.86. The molecule has 4 fully saturated rings. The number of benzene rings is 3. The van der Waals surface area contributed by atoms with E-state index in [9.17, 15) is 34.5 Å². The second-order valence-electron chi connectivity index (χ2n) is 17.3. The van der Waals surface area contributed by atoms with Crippen LogP contribution in [0.5, 0.6) is 17.2 Å². The monoisotopic (exact) mass is 902 g/mol. The molecule has 0 aromatic heterocycles. The van der Waals surface area contributed by atoms with Crippen LogP contribution in [0.2, 0.25) is 0 Å². The van der Waals surface area contributed by atoms with Crippen LogP contribution in [0.3, 0.4) is 0 Å². The van der Waals surface area contributed by atoms with E-state index >= 15 is 0 Å². The summed E-state index contributed by atoms with van der Waals surface area (Å²) in [6, 6.07) is 13.8. The van der Waals surface area contributed by atoms with Gasteiger partial charge in [0.05, 0.1) is 55.3 Å². The molecule has 9 rings (SSSR count). The quantitative estimate of drug-likeness (QED) is 0.133. The number of phenols is 2. The fourth-order valence-corrected chi connectivity index (χ4v) is 10.1. The van der Waals surface area contributed by atoms with Crippen molar-refractivity contribution >= 4 is 23.3 Å². The maximum absolute atomic E-state index is 14.2. The van der Waals surface area contributed by atoms with Crippen molar-refractivity contribution in [2.45, 2.75) is 113 Å². The summed E-state index contributed by atoms with van der Waals surface area (Å²) in [4.78, 5) is 57.1. The number of carbonyl (C=O) groups excluding carboxylic acids is 4. The second-order valence-corrected chi connectivity index (χ2v) is 17.3. The zero-order valence-electron chi connectivity index (χ0n) is 36.4. The number of hydrogen-bond donors (Lipinski definition) is 4. The van der Waals surface area contributed by atoms with Crippen molar-refractivity contribution in [3.8, 4) is 17.2 Å². The molecule has 0 saturated carbocycles. The number of Topliss-reactive ketones (excluding diaryl/α,β-unsaturated/α-hetero) is 1. The molecule has 0 radical (unpaired) electrons. The molecular weight excluding hydrogens is 849 g/mol. The molecule has 3 aromatic rings. The maximum Gasteiger partial charge on any atom is 0.246 e. The van der Waals surface area contributed by atoms with Crippen LogP contribution >= 0.6 is 0 Å². The number of morpholine rings is 1. The Morgan fingerprint density at radius 2 is 1.72 bits per heavy atom. The van der Waals surface area contributed by atoms with E-state index in [1.54, 1.807) is 7.11 Å². The Morgan fingerprint density at radius 1 is 0.923 bits per heavy atom. The van der Waals surface area contributed by atoms with Crippen LogP contribution in [0, 0.1) is 0 Å². The van der Waals surface area contributed by atoms with Crippen LogP contribution in [0.15, 0.2) is 48.5 Å². The summed E-state index contributed by atoms with van der Waals surface area (Å²) in [6.07, 6.45) is -4.49. The van der Waals surface area contributed by atoms with E-state index in [2.05, 4.69) is 10.2 Å². The van der Waals surface area contributed by atoms with E-state index in [0.717, 1.165) is 5.56 Å². The van der Waals surface area contributed by atoms with Gasteiger partial charge >= 0.3 is 0 Å². The third-order valence-electron chi connectivity index (χ3n) is 13.3. The predicted octanol–water partition coefficient (Wildman–Crippen LogP) is 2.96. The molecule has 0 bridgehead atoms. The zero-order valence-corrected chi connectivity index (χ0v) is 36.4. The molecule has 2 unspecified atom stereocenters. The molecule has 3 aromatic carbocycles. The van der Waals surface area contributed by atoms with Crippen LogP contribution in [0.25, 0.3) is 0 Å². The highest BCUT2D eigenvalue weighted by Crippen LogP contribution is 2.53. The van der Waals surface area contributed by atoms with Gasteiger partial charge in [0.15, 0.2) is 36.7 Å². The number of aromatic hydroxyl groups is 2. The second kappa shape index (κ2) is 18.8. The van der Waals surface area contributed by atoms with Gasteiger partial charge in [-0.2, -0.15) is 0 Å². The van der Waals surface area contributed by atoms with Crippen molar-refractivity contribution in [3.63, 3.8) is 0 Å². The number of ketones is 3. The van der Waals surface area contributed by atoms with E-state index < -0.39 is 108 Å². The predicted molar refractivity (Wildman–Crippen MR) is 224 cm³/mol. The van der Waals surface area contributed by atoms with Crippen molar-refractivity contribution in [3.05, 3.63) is 87.5 Å². The van der Waals surface area contributed by atoms with Crippen molar-refractivity contribution < 1.29 is 77.1 Å². The standard InChI is InChI=1S/C47H54N2O16/c1-24-44-29(49-15-16-60-46(58-3)45(49)65-44)17-35(62-24)64-31-19-47(56,18-28-37(31)43(55)39-38(41(28)53)40(52)27-12-8-13-30(57-2)36(27)42(39)54)32(50)22-61-34-14-7-11-26(63-34)21-59-23-33(51)48-20-25-9-5-4-6-10-25/h4-6,8-10,12-13,24,26,29,31,34-35,44-46,53,55-56H,7,11,14-23H2,1-3H3,(H,48,51)/t24-,26?,29-,31-,34?,35-,44+,45+,46-,47-/m0/s1. The Kier molecular flexibility index (Phi) is 13.1. The molecule has 4 heterocycles. The highest BCUT2D eigenvalue weighted by atomic mass is 16.7. The van der Waals surface area contributed by atoms with E-state index in [1.807, 2.05) is 37.3 Å². The third kappa shape index (κ3) is 8.68. The van der Waals surface area contributed by atoms with E-state index in [4.69, 9.17) is 42.6 Å². The van der Waals surface area contributed by atoms with Gasteiger partial charge in [0.2, 0.25) is 11.7 Å². The lowest BCUT2D eigenvalue weighted by Crippen LogP contribution is -2.55. The molecule has 18 nitrogen and oxygen atoms in total. The van der Waals surface area contributed by atoms with Crippen LogP contribution in [0.4, 0.5) is 0 Å². The van der Waals surface area contributed by atoms with Crippen LogP contribution in [-0.2, 0) is 60.4 Å². The first kappa shape index (κ1) is 45.3. The number of nitrogens with one attached hydrogen (secondary N) is 1. The third-order valence-corrected chi connectivity index (χ3v) is 13.3. The minimum absolute atomic E-state index is 0.0441. The Morgan fingerprint density at radius 3 is 2.51 bits per heavy atom. The summed E-state index contributed by atoms with van der Waals surface area (Å²) in [5.74, 6) is -3.75. The Balaban J connectivity index is 0.936. The van der Waals surface area contributed by atoms with Crippen LogP contribution in [0.1, 0.15) is 93.7 Å². The molecular formula is C47H54N2O16. The number of carbonyl (C=O) groups is 4. The summed E-state index contributed by atoms with van der Waals surface area (Å²) in [5.41, 5.74) is -2.52. The average molecular weight is 903 g/mol. The van der Waals surface area contributed by atoms with Gasteiger partial charge in [-0.3, -0.25) is 24.1 Å². The van der Waals surface area contributed by atoms with Crippen molar-refractivity contribution in [2.75, 3.05) is 47.2 Å². The van der Waals surface area contributed by atoms with Gasteiger partial charge in [-0.15, -0.1) is 0 Å². The number of hydrogen-bond acceptors (Lipinski definition) is 17. The number of ether oxygens (including phenoxy) is 9. The largest absolute Gasteiger partial charge is 0.507 e. The Bertz CT molecular complexity index is 2310. The summed E-state index contributed by atoms with van der Waals surface area (Å²) in [7, 11) is 2.89. The fraction of sp³-hybridized carbons (Fsp3) is 0.532. The van der Waals surface area contributed by atoms with E-state index in [-0.39, 0.29) is 65.7 Å². The van der Waals surface area contributed by atoms with E-state index in [1.165, 1.54) is 25.3 Å². The van der Waals surface area contributed by atoms with Crippen molar-refractivity contribution in [2.24, 2.45) is 0 Å². The average Bonchev–Trinajstić information content (AvgIpc) is 3.70. The molecule has 18 heteroatoms. The van der Waals surface area contributed by atoms with Gasteiger partial charge in [0.1, 0.15) is 42.2 Å². The summed E-state index contributed by atoms with van der Waals surface area (Å²) < 4.78 is 53.8. The molecule has 0 spiro atoms. The summed E-state index contributed by atoms with van der Waals surface area (Å²) >= 11 is 0. The topological polar surface area (TPSA) is 227 Å². The van der Waals surface area contributed by atoms with Gasteiger partial charge < -0.3 is 63.3 Å². The molecule has 2 aliphatic carbocycles. The molecule has 348 valence electrons. The first-order valence-electron chi connectivity index (χ1n) is 22.0. The maximum atomic E-state index is 14.2. The summed E-state index contributed by atoms with van der Waals surface area (Å²) in [6.45, 7) is 2.52. The molecule has 4 N–H and O–H groups in total. The van der Waals surface area contributed by atoms with Crippen molar-refractivity contribution in [1.82, 2.24) is 10.2 Å². The smallest absolute Gasteiger partial charge is 0.246 e. The number of aliphatic hydroxyl groups is 1. The van der Waals surface area contributed by atoms with Gasteiger partial charge in [0.25, 0.3) is 0 Å². The lowest BCUT2D eigenvalue weighted by molar-refractivity contribution is -0.256. The highest BCUT2D eigenvalue weighted by Gasteiger charge is 2.55. The molecule has 4 saturated heterocycles. The minimum Gasteiger partial charge on any atom is -0.507 e. The molecule has 1 amide bonds. The minimum atomic E-state index is -2.26. The normalized spacial score (nSPS) is 30.7.